The summed E-state index contributed by atoms with van der Waals surface area (Å²) in [7, 11) is 0. The molecule has 1 heterocycles. The topological polar surface area (TPSA) is 49.6 Å². The van der Waals surface area contributed by atoms with E-state index in [1.165, 1.54) is 0 Å². The minimum atomic E-state index is 0.190. The molecule has 3 heteroatoms. The number of allylic oxidation sites excluding steroid dienone is 1. The molecule has 1 aromatic heterocycles. The Hall–Kier alpha value is -1.69. The first-order valence-corrected chi connectivity index (χ1v) is 3.12. The second kappa shape index (κ2) is 2.93. The van der Waals surface area contributed by atoms with Crippen LogP contribution in [0.5, 0.6) is 0 Å². The Kier molecular flexibility index (Phi) is 1.98. The van der Waals surface area contributed by atoms with Gasteiger partial charge in [0.2, 0.25) is 5.82 Å². The lowest BCUT2D eigenvalue weighted by Crippen LogP contribution is -1.89. The van der Waals surface area contributed by atoms with Crippen molar-refractivity contribution in [3.05, 3.63) is 30.4 Å². The van der Waals surface area contributed by atoms with Crippen molar-refractivity contribution < 1.29 is 0 Å². The van der Waals surface area contributed by atoms with E-state index in [4.69, 9.17) is 5.26 Å². The lowest BCUT2D eigenvalue weighted by atomic mass is 10.2. The fourth-order valence-corrected chi connectivity index (χ4v) is 0.606. The van der Waals surface area contributed by atoms with Crippen molar-refractivity contribution in [1.29, 1.82) is 5.26 Å². The van der Waals surface area contributed by atoms with Crippen molar-refractivity contribution in [3.63, 3.8) is 0 Å². The zero-order valence-corrected chi connectivity index (χ0v) is 6.20. The second-order valence-electron chi connectivity index (χ2n) is 2.19. The fraction of sp³-hybridized carbons (Fsp3) is 0.125. The minimum absolute atomic E-state index is 0.190. The van der Waals surface area contributed by atoms with Crippen molar-refractivity contribution in [2.75, 3.05) is 0 Å². The number of nitriles is 1. The zero-order valence-electron chi connectivity index (χ0n) is 6.20. The first-order valence-electron chi connectivity index (χ1n) is 3.12. The van der Waals surface area contributed by atoms with Crippen LogP contribution in [0.2, 0.25) is 0 Å². The summed E-state index contributed by atoms with van der Waals surface area (Å²) in [6.07, 6.45) is 3.18. The molecular formula is C8H7N3. The zero-order chi connectivity index (χ0) is 8.27. The summed E-state index contributed by atoms with van der Waals surface area (Å²) in [5.41, 5.74) is 1.76. The van der Waals surface area contributed by atoms with Crippen molar-refractivity contribution >= 4 is 5.57 Å². The van der Waals surface area contributed by atoms with Crippen LogP contribution in [0.25, 0.3) is 5.57 Å². The summed E-state index contributed by atoms with van der Waals surface area (Å²) < 4.78 is 0. The normalized spacial score (nSPS) is 8.73. The van der Waals surface area contributed by atoms with E-state index >= 15 is 0 Å². The van der Waals surface area contributed by atoms with Gasteiger partial charge in [-0.05, 0) is 12.5 Å². The summed E-state index contributed by atoms with van der Waals surface area (Å²) >= 11 is 0. The first kappa shape index (κ1) is 7.42. The number of hydrogen-bond acceptors (Lipinski definition) is 3. The second-order valence-corrected chi connectivity index (χ2v) is 2.19. The van der Waals surface area contributed by atoms with Gasteiger partial charge in [-0.2, -0.15) is 5.26 Å². The van der Waals surface area contributed by atoms with Gasteiger partial charge >= 0.3 is 0 Å². The Bertz CT molecular complexity index is 305. The van der Waals surface area contributed by atoms with Crippen LogP contribution >= 0.6 is 0 Å². The largest absolute Gasteiger partial charge is 0.232 e. The van der Waals surface area contributed by atoms with Gasteiger partial charge in [-0.25, -0.2) is 9.97 Å². The number of rotatable bonds is 1. The van der Waals surface area contributed by atoms with Gasteiger partial charge in [0.1, 0.15) is 6.07 Å². The van der Waals surface area contributed by atoms with E-state index in [1.54, 1.807) is 12.4 Å². The maximum Gasteiger partial charge on any atom is 0.232 e. The Morgan fingerprint density at radius 1 is 1.55 bits per heavy atom. The highest BCUT2D eigenvalue weighted by Crippen LogP contribution is 2.06. The van der Waals surface area contributed by atoms with Crippen molar-refractivity contribution in [3.8, 4) is 6.07 Å². The molecule has 0 fully saturated rings. The van der Waals surface area contributed by atoms with Crippen LogP contribution in [0.4, 0.5) is 0 Å². The van der Waals surface area contributed by atoms with Crippen LogP contribution in [0, 0.1) is 11.3 Å². The number of aromatic nitrogens is 2. The third-order valence-electron chi connectivity index (χ3n) is 1.24. The summed E-state index contributed by atoms with van der Waals surface area (Å²) in [5.74, 6) is 0.190. The van der Waals surface area contributed by atoms with Gasteiger partial charge in [-0.3, -0.25) is 0 Å². The third kappa shape index (κ3) is 1.62. The minimum Gasteiger partial charge on any atom is -0.227 e. The molecule has 0 N–H and O–H groups in total. The van der Waals surface area contributed by atoms with E-state index < -0.39 is 0 Å². The third-order valence-corrected chi connectivity index (χ3v) is 1.24. The molecule has 0 unspecified atom stereocenters. The number of hydrogen-bond donors (Lipinski definition) is 0. The summed E-state index contributed by atoms with van der Waals surface area (Å²) in [4.78, 5) is 7.57. The van der Waals surface area contributed by atoms with Crippen LogP contribution < -0.4 is 0 Å². The average Bonchev–Trinajstić information content (AvgIpc) is 2.05. The quantitative estimate of drug-likeness (QED) is 0.599. The SMILES string of the molecule is C=C(C)c1cnc(C#N)nc1. The molecule has 0 saturated carbocycles. The fourth-order valence-electron chi connectivity index (χ4n) is 0.606. The molecule has 0 radical (unpaired) electrons. The molecule has 1 aromatic rings. The molecule has 3 nitrogen and oxygen atoms in total. The first-order chi connectivity index (χ1) is 5.24. The van der Waals surface area contributed by atoms with E-state index in [1.807, 2.05) is 13.0 Å². The summed E-state index contributed by atoms with van der Waals surface area (Å²) in [6, 6.07) is 1.84. The molecule has 0 spiro atoms. The van der Waals surface area contributed by atoms with Crippen molar-refractivity contribution in [2.45, 2.75) is 6.92 Å². The molecule has 54 valence electrons. The van der Waals surface area contributed by atoms with Crippen LogP contribution in [0.3, 0.4) is 0 Å². The maximum absolute atomic E-state index is 8.37. The van der Waals surface area contributed by atoms with Gasteiger partial charge in [0.25, 0.3) is 0 Å². The predicted molar refractivity (Wildman–Crippen MR) is 41.5 cm³/mol. The molecule has 1 rings (SSSR count). The van der Waals surface area contributed by atoms with Gasteiger partial charge in [-0.15, -0.1) is 0 Å². The van der Waals surface area contributed by atoms with E-state index in [0.717, 1.165) is 11.1 Å². The average molecular weight is 145 g/mol. The Labute approximate surface area is 65.0 Å². The van der Waals surface area contributed by atoms with E-state index in [0.29, 0.717) is 0 Å². The summed E-state index contributed by atoms with van der Waals surface area (Å²) in [6.45, 7) is 5.58. The van der Waals surface area contributed by atoms with Gasteiger partial charge in [0, 0.05) is 18.0 Å². The molecule has 0 aliphatic heterocycles. The Morgan fingerprint density at radius 2 is 2.09 bits per heavy atom. The molecule has 0 aromatic carbocycles. The standard InChI is InChI=1S/C8H7N3/c1-6(2)7-4-10-8(3-9)11-5-7/h4-5H,1H2,2H3. The maximum atomic E-state index is 8.37. The van der Waals surface area contributed by atoms with Gasteiger partial charge in [-0.1, -0.05) is 6.58 Å². The molecule has 0 atom stereocenters. The van der Waals surface area contributed by atoms with Gasteiger partial charge in [0.15, 0.2) is 0 Å². The van der Waals surface area contributed by atoms with Gasteiger partial charge < -0.3 is 0 Å². The van der Waals surface area contributed by atoms with E-state index in [-0.39, 0.29) is 5.82 Å². The van der Waals surface area contributed by atoms with Crippen molar-refractivity contribution in [1.82, 2.24) is 9.97 Å². The lowest BCUT2D eigenvalue weighted by Gasteiger charge is -1.95. The molecule has 0 aliphatic carbocycles. The van der Waals surface area contributed by atoms with Crippen LogP contribution in [-0.4, -0.2) is 9.97 Å². The predicted octanol–water partition coefficient (Wildman–Crippen LogP) is 1.38. The molecule has 0 saturated heterocycles. The Morgan fingerprint density at radius 3 is 2.45 bits per heavy atom. The molecule has 0 bridgehead atoms. The van der Waals surface area contributed by atoms with Crippen LogP contribution in [0.15, 0.2) is 19.0 Å². The highest BCUT2D eigenvalue weighted by Gasteiger charge is 1.94. The molecular weight excluding hydrogens is 138 g/mol. The van der Waals surface area contributed by atoms with E-state index in [9.17, 15) is 0 Å². The summed E-state index contributed by atoms with van der Waals surface area (Å²) in [5, 5.41) is 8.37. The van der Waals surface area contributed by atoms with Gasteiger partial charge in [0.05, 0.1) is 0 Å². The van der Waals surface area contributed by atoms with Crippen LogP contribution in [0.1, 0.15) is 18.3 Å². The van der Waals surface area contributed by atoms with E-state index in [2.05, 4.69) is 16.5 Å². The number of nitrogens with zero attached hydrogens (tertiary/aromatic N) is 3. The molecule has 0 amide bonds. The smallest absolute Gasteiger partial charge is 0.227 e. The highest BCUT2D eigenvalue weighted by atomic mass is 14.9. The Balaban J connectivity index is 3.03. The molecule has 11 heavy (non-hydrogen) atoms. The van der Waals surface area contributed by atoms with Crippen LogP contribution in [-0.2, 0) is 0 Å². The van der Waals surface area contributed by atoms with Crippen molar-refractivity contribution in [2.24, 2.45) is 0 Å². The highest BCUT2D eigenvalue weighted by molar-refractivity contribution is 5.59. The monoisotopic (exact) mass is 145 g/mol. The lowest BCUT2D eigenvalue weighted by molar-refractivity contribution is 1.10. The molecule has 0 aliphatic rings.